The summed E-state index contributed by atoms with van der Waals surface area (Å²) in [5.41, 5.74) is 0.812. The normalized spacial score (nSPS) is 20.5. The summed E-state index contributed by atoms with van der Waals surface area (Å²) in [5, 5.41) is 4.79. The Morgan fingerprint density at radius 1 is 1.23 bits per heavy atom. The minimum absolute atomic E-state index is 0.216. The number of hydrogen-bond acceptors (Lipinski definition) is 7. The quantitative estimate of drug-likeness (QED) is 0.388. The fraction of sp³-hybridized carbons (Fsp3) is 0.318. The van der Waals surface area contributed by atoms with E-state index in [1.807, 2.05) is 18.2 Å². The van der Waals surface area contributed by atoms with Crippen LogP contribution in [0.4, 0.5) is 0 Å². The second-order valence-corrected chi connectivity index (χ2v) is 7.43. The Hall–Kier alpha value is -2.94. The summed E-state index contributed by atoms with van der Waals surface area (Å²) in [6.45, 7) is 2.58. The molecule has 1 aromatic heterocycles. The van der Waals surface area contributed by atoms with Crippen molar-refractivity contribution < 1.29 is 23.7 Å². The molecule has 0 amide bonds. The zero-order chi connectivity index (χ0) is 21.7. The van der Waals surface area contributed by atoms with Crippen molar-refractivity contribution in [2.24, 2.45) is 0 Å². The fourth-order valence-electron chi connectivity index (χ4n) is 3.24. The van der Waals surface area contributed by atoms with Gasteiger partial charge in [-0.1, -0.05) is 42.8 Å². The number of ether oxygens (including phenoxy) is 4. The molecular formula is C22H22ClN3O5. The van der Waals surface area contributed by atoms with E-state index in [1.54, 1.807) is 48.3 Å². The van der Waals surface area contributed by atoms with Gasteiger partial charge in [0.15, 0.2) is 11.5 Å². The molecule has 1 fully saturated rings. The van der Waals surface area contributed by atoms with Crippen LogP contribution < -0.4 is 9.47 Å². The number of rotatable bonds is 8. The molecule has 1 aliphatic rings. The number of benzene rings is 2. The van der Waals surface area contributed by atoms with E-state index in [2.05, 4.69) is 10.1 Å². The van der Waals surface area contributed by atoms with E-state index in [1.165, 1.54) is 6.33 Å². The molecule has 9 heteroatoms. The molecule has 2 unspecified atom stereocenters. The summed E-state index contributed by atoms with van der Waals surface area (Å²) >= 11 is 6.05. The van der Waals surface area contributed by atoms with Crippen LogP contribution in [0.15, 0.2) is 61.2 Å². The zero-order valence-corrected chi connectivity index (χ0v) is 17.7. The molecule has 1 aliphatic heterocycles. The van der Waals surface area contributed by atoms with Gasteiger partial charge in [0.05, 0.1) is 6.61 Å². The topological polar surface area (TPSA) is 84.7 Å². The number of aromatic nitrogens is 3. The van der Waals surface area contributed by atoms with Gasteiger partial charge in [-0.05, 0) is 24.3 Å². The number of halogens is 1. The minimum Gasteiger partial charge on any atom is -0.487 e. The smallest absolute Gasteiger partial charge is 0.311 e. The Morgan fingerprint density at radius 3 is 2.71 bits per heavy atom. The van der Waals surface area contributed by atoms with Gasteiger partial charge in [-0.2, -0.15) is 5.10 Å². The van der Waals surface area contributed by atoms with Gasteiger partial charge in [0.2, 0.25) is 5.79 Å². The SMILES string of the molecule is CCC(=O)Oc1ccccc1OCC1COC(Cn2cncn2)(c2ccc(Cl)cc2)O1. The molecule has 0 bridgehead atoms. The largest absolute Gasteiger partial charge is 0.487 e. The standard InChI is InChI=1S/C22H22ClN3O5/c1-2-21(27)30-20-6-4-3-5-19(20)28-11-18-12-29-22(31-18,13-26-15-24-14-25-26)16-7-9-17(23)10-8-16/h3-10,14-15,18H,2,11-13H2,1H3. The zero-order valence-electron chi connectivity index (χ0n) is 16.9. The van der Waals surface area contributed by atoms with Gasteiger partial charge in [-0.3, -0.25) is 4.79 Å². The van der Waals surface area contributed by atoms with Gasteiger partial charge >= 0.3 is 5.97 Å². The Balaban J connectivity index is 1.48. The highest BCUT2D eigenvalue weighted by atomic mass is 35.5. The van der Waals surface area contributed by atoms with Crippen molar-refractivity contribution in [1.29, 1.82) is 0 Å². The van der Waals surface area contributed by atoms with Gasteiger partial charge in [0, 0.05) is 17.0 Å². The first-order valence-corrected chi connectivity index (χ1v) is 10.3. The van der Waals surface area contributed by atoms with E-state index in [4.69, 9.17) is 30.5 Å². The van der Waals surface area contributed by atoms with Gasteiger partial charge in [0.1, 0.15) is 31.9 Å². The second-order valence-electron chi connectivity index (χ2n) is 6.99. The van der Waals surface area contributed by atoms with Crippen LogP contribution >= 0.6 is 11.6 Å². The minimum atomic E-state index is -1.06. The van der Waals surface area contributed by atoms with Crippen LogP contribution in [0.2, 0.25) is 5.02 Å². The Labute approximate surface area is 184 Å². The molecule has 0 spiro atoms. The Bertz CT molecular complexity index is 1010. The molecular weight excluding hydrogens is 422 g/mol. The first kappa shape index (κ1) is 21.3. The molecule has 3 aromatic rings. The third kappa shape index (κ3) is 5.04. The highest BCUT2D eigenvalue weighted by molar-refractivity contribution is 6.30. The molecule has 0 aliphatic carbocycles. The molecule has 8 nitrogen and oxygen atoms in total. The molecule has 2 atom stereocenters. The number of esters is 1. The molecule has 0 radical (unpaired) electrons. The Morgan fingerprint density at radius 2 is 2.00 bits per heavy atom. The molecule has 1 saturated heterocycles. The lowest BCUT2D eigenvalue weighted by Gasteiger charge is -2.28. The van der Waals surface area contributed by atoms with E-state index in [0.29, 0.717) is 29.7 Å². The van der Waals surface area contributed by atoms with Crippen molar-refractivity contribution in [3.8, 4) is 11.5 Å². The van der Waals surface area contributed by atoms with Gasteiger partial charge in [-0.25, -0.2) is 9.67 Å². The lowest BCUT2D eigenvalue weighted by Crippen LogP contribution is -2.34. The van der Waals surface area contributed by atoms with E-state index < -0.39 is 5.79 Å². The monoisotopic (exact) mass is 443 g/mol. The number of carbonyl (C=O) groups excluding carboxylic acids is 1. The average molecular weight is 444 g/mol. The second kappa shape index (κ2) is 9.47. The first-order valence-electron chi connectivity index (χ1n) is 9.91. The summed E-state index contributed by atoms with van der Waals surface area (Å²) < 4.78 is 25.4. The number of para-hydroxylation sites is 2. The number of nitrogens with zero attached hydrogens (tertiary/aromatic N) is 3. The maximum absolute atomic E-state index is 11.7. The van der Waals surface area contributed by atoms with Crippen molar-refractivity contribution in [2.75, 3.05) is 13.2 Å². The average Bonchev–Trinajstić information content (AvgIpc) is 3.44. The third-order valence-corrected chi connectivity index (χ3v) is 5.02. The van der Waals surface area contributed by atoms with Gasteiger partial charge in [0.25, 0.3) is 0 Å². The van der Waals surface area contributed by atoms with Crippen molar-refractivity contribution in [3.05, 3.63) is 71.8 Å². The van der Waals surface area contributed by atoms with E-state index >= 15 is 0 Å². The number of carbonyl (C=O) groups is 1. The summed E-state index contributed by atoms with van der Waals surface area (Å²) in [7, 11) is 0. The highest BCUT2D eigenvalue weighted by Crippen LogP contribution is 2.37. The van der Waals surface area contributed by atoms with Crippen LogP contribution in [-0.2, 0) is 26.6 Å². The third-order valence-electron chi connectivity index (χ3n) is 4.77. The predicted octanol–water partition coefficient (Wildman–Crippen LogP) is 3.59. The fourth-order valence-corrected chi connectivity index (χ4v) is 3.36. The predicted molar refractivity (Wildman–Crippen MR) is 112 cm³/mol. The molecule has 162 valence electrons. The van der Waals surface area contributed by atoms with Crippen molar-refractivity contribution >= 4 is 17.6 Å². The molecule has 0 saturated carbocycles. The van der Waals surface area contributed by atoms with E-state index in [-0.39, 0.29) is 25.1 Å². The van der Waals surface area contributed by atoms with Gasteiger partial charge < -0.3 is 18.9 Å². The van der Waals surface area contributed by atoms with Crippen LogP contribution in [0.1, 0.15) is 18.9 Å². The van der Waals surface area contributed by atoms with Crippen LogP contribution in [0.25, 0.3) is 0 Å². The molecule has 2 heterocycles. The van der Waals surface area contributed by atoms with Crippen LogP contribution in [-0.4, -0.2) is 40.1 Å². The summed E-state index contributed by atoms with van der Waals surface area (Å²) in [6, 6.07) is 14.3. The molecule has 0 N–H and O–H groups in total. The van der Waals surface area contributed by atoms with Crippen molar-refractivity contribution in [3.63, 3.8) is 0 Å². The maximum Gasteiger partial charge on any atom is 0.311 e. The lowest BCUT2D eigenvalue weighted by atomic mass is 10.1. The summed E-state index contributed by atoms with van der Waals surface area (Å²) in [6.07, 6.45) is 2.99. The first-order chi connectivity index (χ1) is 15.1. The highest BCUT2D eigenvalue weighted by Gasteiger charge is 2.44. The summed E-state index contributed by atoms with van der Waals surface area (Å²) in [5.74, 6) is -0.542. The maximum atomic E-state index is 11.7. The van der Waals surface area contributed by atoms with Crippen LogP contribution in [0, 0.1) is 0 Å². The van der Waals surface area contributed by atoms with Crippen molar-refractivity contribution in [2.45, 2.75) is 31.8 Å². The molecule has 4 rings (SSSR count). The van der Waals surface area contributed by atoms with Crippen molar-refractivity contribution in [1.82, 2.24) is 14.8 Å². The van der Waals surface area contributed by atoms with E-state index in [9.17, 15) is 4.79 Å². The van der Waals surface area contributed by atoms with Gasteiger partial charge in [-0.15, -0.1) is 0 Å². The molecule has 2 aromatic carbocycles. The lowest BCUT2D eigenvalue weighted by molar-refractivity contribution is -0.190. The van der Waals surface area contributed by atoms with E-state index in [0.717, 1.165) is 5.56 Å². The Kier molecular flexibility index (Phi) is 6.50. The number of hydrogen-bond donors (Lipinski definition) is 0. The van der Waals surface area contributed by atoms with Crippen LogP contribution in [0.3, 0.4) is 0 Å². The van der Waals surface area contributed by atoms with Crippen LogP contribution in [0.5, 0.6) is 11.5 Å². The summed E-state index contributed by atoms with van der Waals surface area (Å²) in [4.78, 5) is 15.7. The molecule has 31 heavy (non-hydrogen) atoms.